The Morgan fingerprint density at radius 1 is 1.44 bits per heavy atom. The van der Waals surface area contributed by atoms with Crippen LogP contribution >= 0.6 is 11.6 Å². The molecule has 0 fully saturated rings. The number of benzene rings is 1. The lowest BCUT2D eigenvalue weighted by Crippen LogP contribution is -2.10. The highest BCUT2D eigenvalue weighted by atomic mass is 35.5. The molecule has 0 amide bonds. The quantitative estimate of drug-likeness (QED) is 0.906. The number of carboxylic acid groups (broad SMARTS) is 1. The van der Waals surface area contributed by atoms with Gasteiger partial charge in [-0.1, -0.05) is 23.7 Å². The van der Waals surface area contributed by atoms with E-state index in [2.05, 4.69) is 15.4 Å². The highest BCUT2D eigenvalue weighted by Crippen LogP contribution is 2.26. The van der Waals surface area contributed by atoms with E-state index in [1.165, 1.54) is 4.80 Å². The number of aromatic nitrogens is 4. The van der Waals surface area contributed by atoms with Crippen molar-refractivity contribution in [3.63, 3.8) is 0 Å². The van der Waals surface area contributed by atoms with E-state index < -0.39 is 11.9 Å². The topological polar surface area (TPSA) is 80.9 Å². The van der Waals surface area contributed by atoms with E-state index in [1.807, 2.05) is 0 Å². The Balaban J connectivity index is 2.36. The van der Waals surface area contributed by atoms with E-state index in [0.29, 0.717) is 10.8 Å². The van der Waals surface area contributed by atoms with Crippen LogP contribution in [-0.2, 0) is 11.8 Å². The van der Waals surface area contributed by atoms with E-state index >= 15 is 0 Å². The summed E-state index contributed by atoms with van der Waals surface area (Å²) in [4.78, 5) is 12.2. The minimum Gasteiger partial charge on any atom is -0.481 e. The van der Waals surface area contributed by atoms with E-state index in [-0.39, 0.29) is 6.42 Å². The standard InChI is InChI=1S/C11H11ClN4O2/c1-16-14-11(13-15-16)9(6-10(17)18)7-2-4-8(12)5-3-7/h2-5,9H,6H2,1H3,(H,17,18). The fourth-order valence-corrected chi connectivity index (χ4v) is 1.79. The number of halogens is 1. The molecular weight excluding hydrogens is 256 g/mol. The number of nitrogens with zero attached hydrogens (tertiary/aromatic N) is 4. The highest BCUT2D eigenvalue weighted by molar-refractivity contribution is 6.30. The van der Waals surface area contributed by atoms with Crippen LogP contribution in [-0.4, -0.2) is 31.3 Å². The molecule has 0 bridgehead atoms. The lowest BCUT2D eigenvalue weighted by atomic mass is 9.95. The van der Waals surface area contributed by atoms with Gasteiger partial charge in [0.1, 0.15) is 0 Å². The smallest absolute Gasteiger partial charge is 0.304 e. The van der Waals surface area contributed by atoms with Crippen LogP contribution in [0.5, 0.6) is 0 Å². The molecule has 0 spiro atoms. The SMILES string of the molecule is Cn1nnc(C(CC(=O)O)c2ccc(Cl)cc2)n1. The molecular formula is C11H11ClN4O2. The van der Waals surface area contributed by atoms with Gasteiger partial charge in [0.05, 0.1) is 19.4 Å². The van der Waals surface area contributed by atoms with Gasteiger partial charge in [0, 0.05) is 5.02 Å². The molecule has 0 saturated carbocycles. The molecule has 7 heteroatoms. The Kier molecular flexibility index (Phi) is 3.57. The van der Waals surface area contributed by atoms with Crippen molar-refractivity contribution in [2.45, 2.75) is 12.3 Å². The van der Waals surface area contributed by atoms with Crippen molar-refractivity contribution in [3.05, 3.63) is 40.7 Å². The second-order valence-electron chi connectivity index (χ2n) is 3.84. The normalized spacial score (nSPS) is 12.3. The fourth-order valence-electron chi connectivity index (χ4n) is 1.67. The molecule has 94 valence electrons. The van der Waals surface area contributed by atoms with E-state index in [4.69, 9.17) is 16.7 Å². The van der Waals surface area contributed by atoms with Crippen molar-refractivity contribution in [2.24, 2.45) is 7.05 Å². The summed E-state index contributed by atoms with van der Waals surface area (Å²) in [5, 5.41) is 21.2. The fraction of sp³-hybridized carbons (Fsp3) is 0.273. The predicted molar refractivity (Wildman–Crippen MR) is 64.3 cm³/mol. The van der Waals surface area contributed by atoms with Crippen LogP contribution in [0.1, 0.15) is 23.7 Å². The number of carboxylic acids is 1. The lowest BCUT2D eigenvalue weighted by Gasteiger charge is -2.10. The number of hydrogen-bond acceptors (Lipinski definition) is 4. The van der Waals surface area contributed by atoms with Gasteiger partial charge in [-0.3, -0.25) is 4.79 Å². The average Bonchev–Trinajstić information content (AvgIpc) is 2.74. The van der Waals surface area contributed by atoms with Crippen molar-refractivity contribution in [2.75, 3.05) is 0 Å². The van der Waals surface area contributed by atoms with Gasteiger partial charge in [-0.25, -0.2) is 0 Å². The number of aryl methyl sites for hydroxylation is 1. The molecule has 1 atom stereocenters. The van der Waals surface area contributed by atoms with Gasteiger partial charge in [0.15, 0.2) is 5.82 Å². The molecule has 2 aromatic rings. The summed E-state index contributed by atoms with van der Waals surface area (Å²) in [6, 6.07) is 6.96. The number of aliphatic carboxylic acids is 1. The average molecular weight is 267 g/mol. The maximum absolute atomic E-state index is 10.9. The van der Waals surface area contributed by atoms with Gasteiger partial charge >= 0.3 is 5.97 Å². The third-order valence-corrected chi connectivity index (χ3v) is 2.74. The summed E-state index contributed by atoms with van der Waals surface area (Å²) in [5.74, 6) is -0.946. The molecule has 0 aliphatic heterocycles. The van der Waals surface area contributed by atoms with E-state index in [1.54, 1.807) is 31.3 Å². The summed E-state index contributed by atoms with van der Waals surface area (Å²) in [6.45, 7) is 0. The molecule has 1 N–H and O–H groups in total. The van der Waals surface area contributed by atoms with Crippen molar-refractivity contribution < 1.29 is 9.90 Å². The second-order valence-corrected chi connectivity index (χ2v) is 4.28. The van der Waals surface area contributed by atoms with E-state index in [9.17, 15) is 4.79 Å². The van der Waals surface area contributed by atoms with Crippen LogP contribution in [0.4, 0.5) is 0 Å². The number of tetrazole rings is 1. The first-order valence-corrected chi connectivity index (χ1v) is 5.65. The molecule has 2 rings (SSSR count). The van der Waals surface area contributed by atoms with Crippen molar-refractivity contribution in [3.8, 4) is 0 Å². The van der Waals surface area contributed by atoms with Gasteiger partial charge < -0.3 is 5.11 Å². The van der Waals surface area contributed by atoms with Crippen molar-refractivity contribution in [1.29, 1.82) is 0 Å². The predicted octanol–water partition coefficient (Wildman–Crippen LogP) is 1.47. The van der Waals surface area contributed by atoms with E-state index in [0.717, 1.165) is 5.56 Å². The van der Waals surface area contributed by atoms with Crippen molar-refractivity contribution >= 4 is 17.6 Å². The van der Waals surface area contributed by atoms with Crippen LogP contribution < -0.4 is 0 Å². The van der Waals surface area contributed by atoms with Crippen LogP contribution in [0.2, 0.25) is 5.02 Å². The Bertz CT molecular complexity index is 552. The van der Waals surface area contributed by atoms with Gasteiger partial charge in [-0.05, 0) is 22.9 Å². The third-order valence-electron chi connectivity index (χ3n) is 2.49. The number of hydrogen-bond donors (Lipinski definition) is 1. The summed E-state index contributed by atoms with van der Waals surface area (Å²) in [5.41, 5.74) is 0.801. The third kappa shape index (κ3) is 2.84. The molecule has 0 aliphatic carbocycles. The molecule has 1 heterocycles. The van der Waals surface area contributed by atoms with Crippen molar-refractivity contribution in [1.82, 2.24) is 20.2 Å². The van der Waals surface area contributed by atoms with Crippen LogP contribution in [0.25, 0.3) is 0 Å². The van der Waals surface area contributed by atoms with Gasteiger partial charge in [-0.15, -0.1) is 10.2 Å². The molecule has 0 aliphatic rings. The molecule has 6 nitrogen and oxygen atoms in total. The first-order chi connectivity index (χ1) is 8.56. The summed E-state index contributed by atoms with van der Waals surface area (Å²) < 4.78 is 0. The Morgan fingerprint density at radius 3 is 2.61 bits per heavy atom. The maximum Gasteiger partial charge on any atom is 0.304 e. The minimum atomic E-state index is -0.914. The highest BCUT2D eigenvalue weighted by Gasteiger charge is 2.22. The molecule has 0 radical (unpaired) electrons. The zero-order valence-corrected chi connectivity index (χ0v) is 10.4. The first kappa shape index (κ1) is 12.5. The first-order valence-electron chi connectivity index (χ1n) is 5.27. The van der Waals surface area contributed by atoms with Gasteiger partial charge in [0.25, 0.3) is 0 Å². The number of rotatable bonds is 4. The second kappa shape index (κ2) is 5.14. The van der Waals surface area contributed by atoms with Gasteiger partial charge in [-0.2, -0.15) is 4.80 Å². The Labute approximate surface area is 108 Å². The van der Waals surface area contributed by atoms with Crippen LogP contribution in [0.3, 0.4) is 0 Å². The lowest BCUT2D eigenvalue weighted by molar-refractivity contribution is -0.137. The molecule has 0 saturated heterocycles. The Hall–Kier alpha value is -1.95. The molecule has 1 unspecified atom stereocenters. The summed E-state index contributed by atoms with van der Waals surface area (Å²) in [6.07, 6.45) is -0.0900. The summed E-state index contributed by atoms with van der Waals surface area (Å²) >= 11 is 5.81. The monoisotopic (exact) mass is 266 g/mol. The zero-order chi connectivity index (χ0) is 13.1. The van der Waals surface area contributed by atoms with Gasteiger partial charge in [0.2, 0.25) is 0 Å². The zero-order valence-electron chi connectivity index (χ0n) is 9.62. The maximum atomic E-state index is 10.9. The van der Waals surface area contributed by atoms with Crippen LogP contribution in [0, 0.1) is 0 Å². The van der Waals surface area contributed by atoms with Crippen LogP contribution in [0.15, 0.2) is 24.3 Å². The minimum absolute atomic E-state index is 0.0900. The molecule has 1 aromatic heterocycles. The Morgan fingerprint density at radius 2 is 2.11 bits per heavy atom. The number of carbonyl (C=O) groups is 1. The summed E-state index contributed by atoms with van der Waals surface area (Å²) in [7, 11) is 1.64. The largest absolute Gasteiger partial charge is 0.481 e. The molecule has 1 aromatic carbocycles. The molecule has 18 heavy (non-hydrogen) atoms.